The van der Waals surface area contributed by atoms with E-state index in [-0.39, 0.29) is 23.7 Å². The minimum absolute atomic E-state index is 0.0668. The number of halogens is 2. The van der Waals surface area contributed by atoms with Gasteiger partial charge in [0.25, 0.3) is 5.91 Å². The van der Waals surface area contributed by atoms with Crippen LogP contribution >= 0.6 is 0 Å². The van der Waals surface area contributed by atoms with Crippen molar-refractivity contribution in [3.05, 3.63) is 47.0 Å². The highest BCUT2D eigenvalue weighted by Crippen LogP contribution is 2.16. The molecular weight excluding hydrogens is 266 g/mol. The van der Waals surface area contributed by atoms with E-state index in [0.717, 1.165) is 0 Å². The molecular formula is C13H14F2N4O. The van der Waals surface area contributed by atoms with E-state index in [1.54, 1.807) is 21.1 Å². The normalized spacial score (nSPS) is 10.7. The number of aromatic nitrogens is 3. The summed E-state index contributed by atoms with van der Waals surface area (Å²) in [6.45, 7) is 0. The van der Waals surface area contributed by atoms with Crippen molar-refractivity contribution in [1.82, 2.24) is 19.7 Å². The zero-order chi connectivity index (χ0) is 14.9. The van der Waals surface area contributed by atoms with E-state index in [4.69, 9.17) is 0 Å². The molecule has 2 rings (SSSR count). The Kier molecular flexibility index (Phi) is 3.78. The van der Waals surface area contributed by atoms with Gasteiger partial charge >= 0.3 is 0 Å². The molecule has 0 spiro atoms. The lowest BCUT2D eigenvalue weighted by atomic mass is 10.1. The van der Waals surface area contributed by atoms with E-state index in [1.165, 1.54) is 27.7 Å². The van der Waals surface area contributed by atoms with Crippen LogP contribution in [0.2, 0.25) is 0 Å². The topological polar surface area (TPSA) is 51.0 Å². The van der Waals surface area contributed by atoms with Crippen LogP contribution in [0.5, 0.6) is 0 Å². The van der Waals surface area contributed by atoms with Gasteiger partial charge in [0.15, 0.2) is 0 Å². The Bertz CT molecular complexity index is 632. The van der Waals surface area contributed by atoms with Gasteiger partial charge in [0.05, 0.1) is 0 Å². The SMILES string of the molecule is CN(C)C(=O)c1nnc(Cc2c(F)cccc2F)n1C. The molecule has 2 aromatic rings. The molecule has 0 aliphatic heterocycles. The molecule has 1 aromatic heterocycles. The fraction of sp³-hybridized carbons (Fsp3) is 0.308. The van der Waals surface area contributed by atoms with Gasteiger partial charge in [-0.05, 0) is 12.1 Å². The molecule has 0 aliphatic rings. The van der Waals surface area contributed by atoms with Crippen LogP contribution in [0.15, 0.2) is 18.2 Å². The van der Waals surface area contributed by atoms with E-state index in [9.17, 15) is 13.6 Å². The van der Waals surface area contributed by atoms with Crippen LogP contribution in [0.4, 0.5) is 8.78 Å². The highest BCUT2D eigenvalue weighted by atomic mass is 19.1. The zero-order valence-corrected chi connectivity index (χ0v) is 11.4. The van der Waals surface area contributed by atoms with Gasteiger partial charge < -0.3 is 9.47 Å². The van der Waals surface area contributed by atoms with Gasteiger partial charge in [-0.2, -0.15) is 0 Å². The van der Waals surface area contributed by atoms with Crippen LogP contribution < -0.4 is 0 Å². The molecule has 1 aromatic carbocycles. The van der Waals surface area contributed by atoms with Crippen molar-refractivity contribution < 1.29 is 13.6 Å². The summed E-state index contributed by atoms with van der Waals surface area (Å²) in [4.78, 5) is 13.2. The third-order valence-electron chi connectivity index (χ3n) is 2.96. The summed E-state index contributed by atoms with van der Waals surface area (Å²) in [6.07, 6.45) is -0.0668. The van der Waals surface area contributed by atoms with Gasteiger partial charge in [0, 0.05) is 33.1 Å². The summed E-state index contributed by atoms with van der Waals surface area (Å²) in [6, 6.07) is 3.66. The smallest absolute Gasteiger partial charge is 0.291 e. The monoisotopic (exact) mass is 280 g/mol. The summed E-state index contributed by atoms with van der Waals surface area (Å²) < 4.78 is 28.6. The van der Waals surface area contributed by atoms with E-state index in [2.05, 4.69) is 10.2 Å². The predicted molar refractivity (Wildman–Crippen MR) is 68.2 cm³/mol. The van der Waals surface area contributed by atoms with Gasteiger partial charge in [0.2, 0.25) is 5.82 Å². The number of rotatable bonds is 3. The standard InChI is InChI=1S/C13H14F2N4O/c1-18(2)13(20)12-17-16-11(19(12)3)7-8-9(14)5-4-6-10(8)15/h4-6H,7H2,1-3H3. The molecule has 1 heterocycles. The summed E-state index contributed by atoms with van der Waals surface area (Å²) in [5.74, 6) is -1.16. The summed E-state index contributed by atoms with van der Waals surface area (Å²) in [5.41, 5.74) is -0.0909. The van der Waals surface area contributed by atoms with Crippen molar-refractivity contribution in [2.45, 2.75) is 6.42 Å². The van der Waals surface area contributed by atoms with Crippen molar-refractivity contribution >= 4 is 5.91 Å². The van der Waals surface area contributed by atoms with E-state index < -0.39 is 11.6 Å². The second-order valence-corrected chi connectivity index (χ2v) is 4.58. The van der Waals surface area contributed by atoms with Gasteiger partial charge in [-0.25, -0.2) is 8.78 Å². The zero-order valence-electron chi connectivity index (χ0n) is 11.4. The second-order valence-electron chi connectivity index (χ2n) is 4.58. The van der Waals surface area contributed by atoms with Crippen molar-refractivity contribution in [1.29, 1.82) is 0 Å². The molecule has 0 bridgehead atoms. The summed E-state index contributed by atoms with van der Waals surface area (Å²) in [5, 5.41) is 7.60. The van der Waals surface area contributed by atoms with Crippen molar-refractivity contribution in [2.24, 2.45) is 7.05 Å². The Labute approximate surface area is 114 Å². The maximum Gasteiger partial charge on any atom is 0.291 e. The minimum Gasteiger partial charge on any atom is -0.342 e. The maximum absolute atomic E-state index is 13.6. The Morgan fingerprint density at radius 1 is 1.25 bits per heavy atom. The largest absolute Gasteiger partial charge is 0.342 e. The molecule has 0 unspecified atom stereocenters. The predicted octanol–water partition coefficient (Wildman–Crippen LogP) is 1.39. The quantitative estimate of drug-likeness (QED) is 0.853. The molecule has 0 atom stereocenters. The van der Waals surface area contributed by atoms with E-state index in [0.29, 0.717) is 5.82 Å². The molecule has 106 valence electrons. The van der Waals surface area contributed by atoms with Crippen LogP contribution in [0.3, 0.4) is 0 Å². The average Bonchev–Trinajstić information content (AvgIpc) is 2.74. The second kappa shape index (κ2) is 5.36. The molecule has 7 heteroatoms. The van der Waals surface area contributed by atoms with Gasteiger partial charge in [-0.15, -0.1) is 10.2 Å². The molecule has 0 saturated heterocycles. The highest BCUT2D eigenvalue weighted by molar-refractivity contribution is 5.90. The van der Waals surface area contributed by atoms with E-state index in [1.807, 2.05) is 0 Å². The van der Waals surface area contributed by atoms with Crippen molar-refractivity contribution in [3.63, 3.8) is 0 Å². The number of amides is 1. The number of hydrogen-bond donors (Lipinski definition) is 0. The van der Waals surface area contributed by atoms with E-state index >= 15 is 0 Å². The molecule has 5 nitrogen and oxygen atoms in total. The number of carbonyl (C=O) groups is 1. The molecule has 0 saturated carbocycles. The van der Waals surface area contributed by atoms with Crippen LogP contribution in [-0.4, -0.2) is 39.7 Å². The maximum atomic E-state index is 13.6. The molecule has 1 amide bonds. The van der Waals surface area contributed by atoms with Crippen molar-refractivity contribution in [2.75, 3.05) is 14.1 Å². The van der Waals surface area contributed by atoms with Crippen LogP contribution in [0.25, 0.3) is 0 Å². The Morgan fingerprint density at radius 2 is 1.85 bits per heavy atom. The first-order valence-corrected chi connectivity index (χ1v) is 5.94. The third-order valence-corrected chi connectivity index (χ3v) is 2.96. The molecule has 20 heavy (non-hydrogen) atoms. The lowest BCUT2D eigenvalue weighted by Crippen LogP contribution is -2.25. The minimum atomic E-state index is -0.645. The number of benzene rings is 1. The fourth-order valence-corrected chi connectivity index (χ4v) is 1.76. The summed E-state index contributed by atoms with van der Waals surface area (Å²) in [7, 11) is 4.77. The molecule has 0 fully saturated rings. The van der Waals surface area contributed by atoms with Crippen LogP contribution in [0, 0.1) is 11.6 Å². The molecule has 0 radical (unpaired) electrons. The van der Waals surface area contributed by atoms with Crippen molar-refractivity contribution in [3.8, 4) is 0 Å². The first-order chi connectivity index (χ1) is 9.41. The fourth-order valence-electron chi connectivity index (χ4n) is 1.76. The lowest BCUT2D eigenvalue weighted by molar-refractivity contribution is 0.0811. The van der Waals surface area contributed by atoms with Crippen LogP contribution in [0.1, 0.15) is 22.0 Å². The van der Waals surface area contributed by atoms with Gasteiger partial charge in [-0.3, -0.25) is 4.79 Å². The summed E-state index contributed by atoms with van der Waals surface area (Å²) >= 11 is 0. The number of hydrogen-bond acceptors (Lipinski definition) is 3. The Hall–Kier alpha value is -2.31. The third kappa shape index (κ3) is 2.52. The average molecular weight is 280 g/mol. The first-order valence-electron chi connectivity index (χ1n) is 5.94. The van der Waals surface area contributed by atoms with Crippen LogP contribution in [-0.2, 0) is 13.5 Å². The lowest BCUT2D eigenvalue weighted by Gasteiger charge is -2.09. The number of nitrogens with zero attached hydrogens (tertiary/aromatic N) is 4. The molecule has 0 N–H and O–H groups in total. The molecule has 0 aliphatic carbocycles. The Balaban J connectivity index is 2.34. The Morgan fingerprint density at radius 3 is 2.40 bits per heavy atom. The highest BCUT2D eigenvalue weighted by Gasteiger charge is 2.19. The number of carbonyl (C=O) groups excluding carboxylic acids is 1. The van der Waals surface area contributed by atoms with Gasteiger partial charge in [-0.1, -0.05) is 6.07 Å². The first kappa shape index (κ1) is 14.1. The van der Waals surface area contributed by atoms with Gasteiger partial charge in [0.1, 0.15) is 17.5 Å².